The molecule has 156 valence electrons. The molecule has 1 amide bonds. The van der Waals surface area contributed by atoms with Crippen LogP contribution in [0.15, 0.2) is 58.2 Å². The van der Waals surface area contributed by atoms with Gasteiger partial charge in [0.05, 0.1) is 23.8 Å². The fourth-order valence-corrected chi connectivity index (χ4v) is 3.37. The van der Waals surface area contributed by atoms with Crippen LogP contribution < -0.4 is 4.74 Å². The third-order valence-corrected chi connectivity index (χ3v) is 5.40. The zero-order valence-corrected chi connectivity index (χ0v) is 17.5. The number of nitro groups is 1. The van der Waals surface area contributed by atoms with Crippen LogP contribution in [0.3, 0.4) is 0 Å². The van der Waals surface area contributed by atoms with E-state index < -0.39 is 4.92 Å². The van der Waals surface area contributed by atoms with Gasteiger partial charge in [0.25, 0.3) is 10.9 Å². The molecule has 1 atom stereocenters. The van der Waals surface area contributed by atoms with Crippen molar-refractivity contribution in [1.82, 2.24) is 15.1 Å². The number of hydrogen-bond acceptors (Lipinski definition) is 8. The molecule has 0 N–H and O–H groups in total. The summed E-state index contributed by atoms with van der Waals surface area (Å²) in [6.07, 6.45) is 0. The fourth-order valence-electron chi connectivity index (χ4n) is 2.68. The Morgan fingerprint density at radius 2 is 2.00 bits per heavy atom. The Morgan fingerprint density at radius 1 is 1.27 bits per heavy atom. The van der Waals surface area contributed by atoms with Crippen molar-refractivity contribution in [2.45, 2.75) is 18.2 Å². The van der Waals surface area contributed by atoms with Gasteiger partial charge < -0.3 is 14.1 Å². The van der Waals surface area contributed by atoms with E-state index in [0.717, 1.165) is 23.1 Å². The number of rotatable bonds is 8. The van der Waals surface area contributed by atoms with E-state index >= 15 is 0 Å². The highest BCUT2D eigenvalue weighted by atomic mass is 32.2. The van der Waals surface area contributed by atoms with Crippen molar-refractivity contribution in [3.63, 3.8) is 0 Å². The number of benzene rings is 2. The Kier molecular flexibility index (Phi) is 6.68. The van der Waals surface area contributed by atoms with Crippen molar-refractivity contribution in [2.75, 3.05) is 19.9 Å². The van der Waals surface area contributed by atoms with Crippen molar-refractivity contribution in [2.24, 2.45) is 0 Å². The number of carbonyl (C=O) groups is 1. The number of aromatic nitrogens is 2. The Balaban J connectivity index is 1.60. The van der Waals surface area contributed by atoms with Gasteiger partial charge in [-0.3, -0.25) is 14.9 Å². The zero-order valence-electron chi connectivity index (χ0n) is 16.6. The first kappa shape index (κ1) is 21.3. The summed E-state index contributed by atoms with van der Waals surface area (Å²) in [7, 11) is 3.24. The van der Waals surface area contributed by atoms with E-state index in [-0.39, 0.29) is 28.6 Å². The molecule has 0 saturated heterocycles. The molecule has 2 aromatic carbocycles. The minimum absolute atomic E-state index is 0.00787. The quantitative estimate of drug-likeness (QED) is 0.301. The topological polar surface area (TPSA) is 112 Å². The third-order valence-electron chi connectivity index (χ3n) is 4.60. The van der Waals surface area contributed by atoms with E-state index in [2.05, 4.69) is 10.2 Å². The van der Waals surface area contributed by atoms with Crippen LogP contribution in [0.2, 0.25) is 0 Å². The van der Waals surface area contributed by atoms with Crippen LogP contribution in [0.5, 0.6) is 5.75 Å². The highest BCUT2D eigenvalue weighted by Gasteiger charge is 2.20. The second-order valence-corrected chi connectivity index (χ2v) is 7.35. The maximum absolute atomic E-state index is 12.6. The van der Waals surface area contributed by atoms with Crippen LogP contribution in [-0.4, -0.2) is 45.8 Å². The lowest BCUT2D eigenvalue weighted by Gasteiger charge is -2.25. The molecule has 10 heteroatoms. The van der Waals surface area contributed by atoms with E-state index in [4.69, 9.17) is 9.15 Å². The molecule has 0 fully saturated rings. The summed E-state index contributed by atoms with van der Waals surface area (Å²) in [4.78, 5) is 24.6. The van der Waals surface area contributed by atoms with Gasteiger partial charge in [-0.1, -0.05) is 23.9 Å². The lowest BCUT2D eigenvalue weighted by Crippen LogP contribution is -2.31. The Bertz CT molecular complexity index is 1040. The fraction of sp³-hybridized carbons (Fsp3) is 0.250. The Hall–Kier alpha value is -3.40. The molecule has 0 bridgehead atoms. The highest BCUT2D eigenvalue weighted by Crippen LogP contribution is 2.27. The third kappa shape index (κ3) is 4.95. The van der Waals surface area contributed by atoms with Gasteiger partial charge in [-0.15, -0.1) is 10.2 Å². The number of amides is 1. The minimum atomic E-state index is -0.454. The molecule has 1 aromatic heterocycles. The smallest absolute Gasteiger partial charge is 0.277 e. The van der Waals surface area contributed by atoms with Gasteiger partial charge in [-0.2, -0.15) is 0 Å². The van der Waals surface area contributed by atoms with Crippen molar-refractivity contribution >= 4 is 23.4 Å². The normalized spacial score (nSPS) is 11.7. The summed E-state index contributed by atoms with van der Waals surface area (Å²) in [5.74, 6) is 1.01. The summed E-state index contributed by atoms with van der Waals surface area (Å²) in [6, 6.07) is 13.1. The highest BCUT2D eigenvalue weighted by molar-refractivity contribution is 7.99. The first-order valence-corrected chi connectivity index (χ1v) is 9.98. The average molecular weight is 428 g/mol. The number of hydrogen-bond donors (Lipinski definition) is 0. The molecule has 30 heavy (non-hydrogen) atoms. The lowest BCUT2D eigenvalue weighted by atomic mass is 10.1. The van der Waals surface area contributed by atoms with Gasteiger partial charge in [0.1, 0.15) is 5.75 Å². The number of carbonyl (C=O) groups excluding carboxylic acids is 1. The molecule has 1 heterocycles. The SMILES string of the molecule is COc1ccc(-c2nnc(SCC(=O)N(C)C(C)c3cccc([N+](=O)[O-])c3)o2)cc1. The maximum Gasteiger partial charge on any atom is 0.277 e. The van der Waals surface area contributed by atoms with Crippen LogP contribution in [0.1, 0.15) is 18.5 Å². The van der Waals surface area contributed by atoms with E-state index in [1.54, 1.807) is 50.6 Å². The Labute approximate surface area is 177 Å². The van der Waals surface area contributed by atoms with Gasteiger partial charge >= 0.3 is 0 Å². The first-order valence-electron chi connectivity index (χ1n) is 8.99. The van der Waals surface area contributed by atoms with Crippen LogP contribution in [-0.2, 0) is 4.79 Å². The molecule has 0 aliphatic rings. The van der Waals surface area contributed by atoms with Crippen LogP contribution >= 0.6 is 11.8 Å². The molecule has 0 saturated carbocycles. The number of non-ortho nitro benzene ring substituents is 1. The molecule has 0 spiro atoms. The molecule has 3 rings (SSSR count). The van der Waals surface area contributed by atoms with Crippen LogP contribution in [0, 0.1) is 10.1 Å². The molecular weight excluding hydrogens is 408 g/mol. The Morgan fingerprint density at radius 3 is 2.67 bits per heavy atom. The van der Waals surface area contributed by atoms with Gasteiger partial charge in [0.2, 0.25) is 11.8 Å². The van der Waals surface area contributed by atoms with Crippen LogP contribution in [0.4, 0.5) is 5.69 Å². The molecule has 1 unspecified atom stereocenters. The summed E-state index contributed by atoms with van der Waals surface area (Å²) < 4.78 is 10.7. The standard InChI is InChI=1S/C20H20N4O5S/c1-13(15-5-4-6-16(11-15)24(26)27)23(2)18(25)12-30-20-22-21-19(29-20)14-7-9-17(28-3)10-8-14/h4-11,13H,12H2,1-3H3. The molecule has 0 aliphatic heterocycles. The number of nitrogens with zero attached hydrogens (tertiary/aromatic N) is 4. The molecule has 9 nitrogen and oxygen atoms in total. The summed E-state index contributed by atoms with van der Waals surface area (Å²) in [6.45, 7) is 1.82. The monoisotopic (exact) mass is 428 g/mol. The van der Waals surface area contributed by atoms with Gasteiger partial charge in [0, 0.05) is 24.7 Å². The van der Waals surface area contributed by atoms with Crippen molar-refractivity contribution in [3.05, 3.63) is 64.2 Å². The van der Waals surface area contributed by atoms with Crippen molar-refractivity contribution < 1.29 is 18.9 Å². The van der Waals surface area contributed by atoms with E-state index in [1.165, 1.54) is 17.0 Å². The second kappa shape index (κ2) is 9.40. The van der Waals surface area contributed by atoms with Crippen LogP contribution in [0.25, 0.3) is 11.5 Å². The van der Waals surface area contributed by atoms with Gasteiger partial charge in [-0.05, 0) is 36.8 Å². The largest absolute Gasteiger partial charge is 0.497 e. The number of ether oxygens (including phenoxy) is 1. The second-order valence-electron chi connectivity index (χ2n) is 6.42. The maximum atomic E-state index is 12.6. The number of nitro benzene ring substituents is 1. The molecule has 0 aliphatic carbocycles. The predicted octanol–water partition coefficient (Wildman–Crippen LogP) is 3.97. The van der Waals surface area contributed by atoms with E-state index in [1.807, 2.05) is 6.92 Å². The van der Waals surface area contributed by atoms with Crippen molar-refractivity contribution in [1.29, 1.82) is 0 Å². The molecule has 3 aromatic rings. The number of thioether (sulfide) groups is 1. The minimum Gasteiger partial charge on any atom is -0.497 e. The summed E-state index contributed by atoms with van der Waals surface area (Å²) in [5, 5.41) is 19.2. The van der Waals surface area contributed by atoms with Gasteiger partial charge in [0.15, 0.2) is 0 Å². The van der Waals surface area contributed by atoms with Crippen molar-refractivity contribution in [3.8, 4) is 17.2 Å². The summed E-state index contributed by atoms with van der Waals surface area (Å²) >= 11 is 1.14. The first-order chi connectivity index (χ1) is 14.4. The van der Waals surface area contributed by atoms with E-state index in [9.17, 15) is 14.9 Å². The summed E-state index contributed by atoms with van der Waals surface area (Å²) in [5.41, 5.74) is 1.43. The average Bonchev–Trinajstić information content (AvgIpc) is 3.25. The number of methoxy groups -OCH3 is 1. The zero-order chi connectivity index (χ0) is 21.7. The lowest BCUT2D eigenvalue weighted by molar-refractivity contribution is -0.384. The molecule has 0 radical (unpaired) electrons. The molecular formula is C20H20N4O5S. The van der Waals surface area contributed by atoms with Gasteiger partial charge in [-0.25, -0.2) is 0 Å². The van der Waals surface area contributed by atoms with E-state index in [0.29, 0.717) is 11.5 Å². The predicted molar refractivity (Wildman–Crippen MR) is 111 cm³/mol.